The van der Waals surface area contributed by atoms with Crippen LogP contribution in [0.4, 0.5) is 0 Å². The number of carbonyl (C=O) groups excluding carboxylic acids is 1. The molecule has 2 rings (SSSR count). The van der Waals surface area contributed by atoms with Gasteiger partial charge in [-0.3, -0.25) is 4.79 Å². The van der Waals surface area contributed by atoms with Crippen molar-refractivity contribution in [2.24, 2.45) is 5.73 Å². The minimum Gasteiger partial charge on any atom is -0.507 e. The summed E-state index contributed by atoms with van der Waals surface area (Å²) >= 11 is 5.56. The summed E-state index contributed by atoms with van der Waals surface area (Å²) in [6, 6.07) is 1.91. The number of aromatic hydroxyl groups is 1. The SMILES string of the molecule is NCc1cc2c(c(C(=O)CCl)c1O)CCC2. The first-order valence-electron chi connectivity index (χ1n) is 5.34. The van der Waals surface area contributed by atoms with Gasteiger partial charge in [0.05, 0.1) is 11.4 Å². The first kappa shape index (κ1) is 11.4. The van der Waals surface area contributed by atoms with Crippen molar-refractivity contribution in [3.05, 3.63) is 28.3 Å². The maximum absolute atomic E-state index is 11.7. The molecule has 0 amide bonds. The number of Topliss-reactive ketones (excluding diaryl/α,β-unsaturated/α-hetero) is 1. The molecule has 0 saturated carbocycles. The smallest absolute Gasteiger partial charge is 0.181 e. The Balaban J connectivity index is 2.64. The first-order chi connectivity index (χ1) is 7.69. The van der Waals surface area contributed by atoms with E-state index in [1.54, 1.807) is 0 Å². The molecule has 0 fully saturated rings. The second-order valence-electron chi connectivity index (χ2n) is 4.01. The number of alkyl halides is 1. The molecule has 0 atom stereocenters. The first-order valence-corrected chi connectivity index (χ1v) is 5.88. The van der Waals surface area contributed by atoms with Gasteiger partial charge in [0.15, 0.2) is 5.78 Å². The molecule has 0 saturated heterocycles. The number of phenolic OH excluding ortho intramolecular Hbond substituents is 1. The zero-order valence-corrected chi connectivity index (χ0v) is 9.68. The van der Waals surface area contributed by atoms with Gasteiger partial charge in [0.2, 0.25) is 0 Å². The lowest BCUT2D eigenvalue weighted by molar-refractivity contribution is 0.101. The summed E-state index contributed by atoms with van der Waals surface area (Å²) < 4.78 is 0. The van der Waals surface area contributed by atoms with E-state index < -0.39 is 0 Å². The molecule has 0 aliphatic heterocycles. The second-order valence-corrected chi connectivity index (χ2v) is 4.28. The molecular formula is C12H14ClNO2. The molecule has 0 radical (unpaired) electrons. The zero-order valence-electron chi connectivity index (χ0n) is 8.92. The molecule has 0 aromatic heterocycles. The number of rotatable bonds is 3. The number of halogens is 1. The van der Waals surface area contributed by atoms with Crippen LogP contribution in [0.25, 0.3) is 0 Å². The number of carbonyl (C=O) groups is 1. The predicted molar refractivity (Wildman–Crippen MR) is 63.1 cm³/mol. The van der Waals surface area contributed by atoms with Crippen molar-refractivity contribution in [1.82, 2.24) is 0 Å². The Kier molecular flexibility index (Phi) is 3.17. The highest BCUT2D eigenvalue weighted by molar-refractivity contribution is 6.31. The van der Waals surface area contributed by atoms with Crippen molar-refractivity contribution < 1.29 is 9.90 Å². The van der Waals surface area contributed by atoms with Gasteiger partial charge in [-0.15, -0.1) is 11.6 Å². The van der Waals surface area contributed by atoms with Gasteiger partial charge in [0.25, 0.3) is 0 Å². The molecule has 1 aliphatic rings. The lowest BCUT2D eigenvalue weighted by Gasteiger charge is -2.12. The number of aryl methyl sites for hydroxylation is 1. The van der Waals surface area contributed by atoms with Gasteiger partial charge in [0.1, 0.15) is 5.75 Å². The van der Waals surface area contributed by atoms with Gasteiger partial charge in [-0.05, 0) is 30.4 Å². The number of hydrogen-bond donors (Lipinski definition) is 2. The highest BCUT2D eigenvalue weighted by Gasteiger charge is 2.24. The van der Waals surface area contributed by atoms with Crippen LogP contribution in [0.5, 0.6) is 5.75 Å². The molecule has 3 nitrogen and oxygen atoms in total. The Morgan fingerprint density at radius 1 is 1.50 bits per heavy atom. The highest BCUT2D eigenvalue weighted by atomic mass is 35.5. The van der Waals surface area contributed by atoms with Crippen molar-refractivity contribution in [3.8, 4) is 5.75 Å². The molecule has 4 heteroatoms. The van der Waals surface area contributed by atoms with Crippen LogP contribution in [0.2, 0.25) is 0 Å². The second kappa shape index (κ2) is 4.44. The number of ketones is 1. The molecular weight excluding hydrogens is 226 g/mol. The molecule has 1 aromatic rings. The fourth-order valence-corrected chi connectivity index (χ4v) is 2.45. The van der Waals surface area contributed by atoms with E-state index in [1.807, 2.05) is 6.07 Å². The van der Waals surface area contributed by atoms with Crippen LogP contribution >= 0.6 is 11.6 Å². The van der Waals surface area contributed by atoms with Crippen LogP contribution in [-0.2, 0) is 19.4 Å². The van der Waals surface area contributed by atoms with E-state index in [0.29, 0.717) is 11.1 Å². The summed E-state index contributed by atoms with van der Waals surface area (Å²) in [5, 5.41) is 10.00. The lowest BCUT2D eigenvalue weighted by atomic mass is 9.95. The number of phenols is 1. The van der Waals surface area contributed by atoms with E-state index in [9.17, 15) is 9.90 Å². The average molecular weight is 240 g/mol. The van der Waals surface area contributed by atoms with Crippen LogP contribution < -0.4 is 5.73 Å². The monoisotopic (exact) mass is 239 g/mol. The van der Waals surface area contributed by atoms with Crippen molar-refractivity contribution >= 4 is 17.4 Å². The normalized spacial score (nSPS) is 13.9. The van der Waals surface area contributed by atoms with E-state index in [2.05, 4.69) is 0 Å². The fourth-order valence-electron chi connectivity index (χ4n) is 2.32. The Morgan fingerprint density at radius 2 is 2.25 bits per heavy atom. The molecule has 0 unspecified atom stereocenters. The van der Waals surface area contributed by atoms with Crippen LogP contribution in [0.3, 0.4) is 0 Å². The molecule has 0 spiro atoms. The zero-order chi connectivity index (χ0) is 11.7. The third kappa shape index (κ3) is 1.70. The Bertz CT molecular complexity index is 442. The van der Waals surface area contributed by atoms with Crippen LogP contribution in [0.1, 0.15) is 33.5 Å². The average Bonchev–Trinajstić information content (AvgIpc) is 2.74. The van der Waals surface area contributed by atoms with Crippen LogP contribution in [-0.4, -0.2) is 16.8 Å². The summed E-state index contributed by atoms with van der Waals surface area (Å²) in [5.41, 5.74) is 8.67. The van der Waals surface area contributed by atoms with E-state index >= 15 is 0 Å². The topological polar surface area (TPSA) is 63.3 Å². The Labute approximate surface area is 99.2 Å². The largest absolute Gasteiger partial charge is 0.507 e. The minimum atomic E-state index is -0.215. The molecule has 86 valence electrons. The number of benzene rings is 1. The Hall–Kier alpha value is -1.06. The molecule has 16 heavy (non-hydrogen) atoms. The van der Waals surface area contributed by atoms with Crippen molar-refractivity contribution in [1.29, 1.82) is 0 Å². The third-order valence-corrected chi connectivity index (χ3v) is 3.31. The lowest BCUT2D eigenvalue weighted by Crippen LogP contribution is -2.09. The summed E-state index contributed by atoms with van der Waals surface area (Å²) in [5.74, 6) is -0.296. The van der Waals surface area contributed by atoms with Crippen molar-refractivity contribution in [3.63, 3.8) is 0 Å². The molecule has 0 bridgehead atoms. The summed E-state index contributed by atoms with van der Waals surface area (Å²) in [6.45, 7) is 0.238. The van der Waals surface area contributed by atoms with Gasteiger partial charge in [-0.1, -0.05) is 6.07 Å². The molecule has 0 heterocycles. The third-order valence-electron chi connectivity index (χ3n) is 3.07. The van der Waals surface area contributed by atoms with E-state index in [0.717, 1.165) is 30.4 Å². The van der Waals surface area contributed by atoms with Gasteiger partial charge < -0.3 is 10.8 Å². The molecule has 3 N–H and O–H groups in total. The number of hydrogen-bond acceptors (Lipinski definition) is 3. The van der Waals surface area contributed by atoms with Gasteiger partial charge >= 0.3 is 0 Å². The van der Waals surface area contributed by atoms with Gasteiger partial charge in [-0.2, -0.15) is 0 Å². The van der Waals surface area contributed by atoms with E-state index in [1.165, 1.54) is 0 Å². The summed E-state index contributed by atoms with van der Waals surface area (Å²) in [7, 11) is 0. The summed E-state index contributed by atoms with van der Waals surface area (Å²) in [6.07, 6.45) is 2.81. The Morgan fingerprint density at radius 3 is 2.88 bits per heavy atom. The van der Waals surface area contributed by atoms with Crippen LogP contribution in [0.15, 0.2) is 6.07 Å². The fraction of sp³-hybridized carbons (Fsp3) is 0.417. The molecule has 1 aliphatic carbocycles. The summed E-state index contributed by atoms with van der Waals surface area (Å²) in [4.78, 5) is 11.7. The van der Waals surface area contributed by atoms with E-state index in [-0.39, 0.29) is 24.0 Å². The van der Waals surface area contributed by atoms with E-state index in [4.69, 9.17) is 17.3 Å². The van der Waals surface area contributed by atoms with Gasteiger partial charge in [0, 0.05) is 12.1 Å². The van der Waals surface area contributed by atoms with Crippen LogP contribution in [0, 0.1) is 0 Å². The predicted octanol–water partition coefficient (Wildman–Crippen LogP) is 1.76. The maximum atomic E-state index is 11.7. The quantitative estimate of drug-likeness (QED) is 0.624. The minimum absolute atomic E-state index is 0.0220. The maximum Gasteiger partial charge on any atom is 0.181 e. The molecule has 1 aromatic carbocycles. The highest BCUT2D eigenvalue weighted by Crippen LogP contribution is 2.34. The van der Waals surface area contributed by atoms with Crippen molar-refractivity contribution in [2.75, 3.05) is 5.88 Å². The number of fused-ring (bicyclic) bond motifs is 1. The van der Waals surface area contributed by atoms with Gasteiger partial charge in [-0.25, -0.2) is 0 Å². The standard InChI is InChI=1S/C12H14ClNO2/c13-5-10(15)11-9-3-1-2-7(9)4-8(6-14)12(11)16/h4,16H,1-3,5-6,14H2. The number of nitrogens with two attached hydrogens (primary N) is 1. The van der Waals surface area contributed by atoms with Crippen molar-refractivity contribution in [2.45, 2.75) is 25.8 Å².